The molecule has 1 aromatic carbocycles. The first-order chi connectivity index (χ1) is 10.2. The molecule has 4 heteroatoms. The van der Waals surface area contributed by atoms with E-state index in [0.717, 1.165) is 31.8 Å². The van der Waals surface area contributed by atoms with E-state index in [0.29, 0.717) is 0 Å². The summed E-state index contributed by atoms with van der Waals surface area (Å²) in [6.07, 6.45) is 6.15. The minimum atomic E-state index is 0.213. The summed E-state index contributed by atoms with van der Waals surface area (Å²) in [6.45, 7) is 5.42. The van der Waals surface area contributed by atoms with Crippen molar-refractivity contribution in [3.63, 3.8) is 0 Å². The molecule has 4 nitrogen and oxygen atoms in total. The molecule has 1 fully saturated rings. The monoisotopic (exact) mass is 285 g/mol. The second-order valence-electron chi connectivity index (χ2n) is 6.06. The van der Waals surface area contributed by atoms with E-state index in [9.17, 15) is 0 Å². The normalized spacial score (nSPS) is 21.6. The van der Waals surface area contributed by atoms with Crippen molar-refractivity contribution in [1.29, 1.82) is 0 Å². The zero-order chi connectivity index (χ0) is 14.7. The fourth-order valence-corrected chi connectivity index (χ4v) is 3.11. The molecule has 3 rings (SSSR count). The Balaban J connectivity index is 1.72. The molecule has 0 bridgehead atoms. The lowest BCUT2D eigenvalue weighted by Gasteiger charge is -2.24. The number of rotatable bonds is 5. The highest BCUT2D eigenvalue weighted by molar-refractivity contribution is 5.28. The molecule has 0 spiro atoms. The molecule has 0 radical (unpaired) electrons. The van der Waals surface area contributed by atoms with Crippen LogP contribution in [0.2, 0.25) is 0 Å². The molecule has 0 amide bonds. The largest absolute Gasteiger partial charge is 0.497 e. The Labute approximate surface area is 126 Å². The maximum absolute atomic E-state index is 5.29. The van der Waals surface area contributed by atoms with Crippen molar-refractivity contribution >= 4 is 0 Å². The standard InChI is InChI=1S/C17H23N3O/c1-17(7-8-18-12-17)16-11-19-13-20(16)9-6-14-4-3-5-15(10-14)21-2/h3-5,10-11,13,18H,6-9,12H2,1-2H3. The molecular weight excluding hydrogens is 262 g/mol. The van der Waals surface area contributed by atoms with Crippen LogP contribution < -0.4 is 10.1 Å². The Hall–Kier alpha value is -1.81. The average molecular weight is 285 g/mol. The second-order valence-corrected chi connectivity index (χ2v) is 6.06. The van der Waals surface area contributed by atoms with Crippen LogP contribution in [0, 0.1) is 0 Å². The van der Waals surface area contributed by atoms with Crippen molar-refractivity contribution in [2.75, 3.05) is 20.2 Å². The maximum atomic E-state index is 5.29. The van der Waals surface area contributed by atoms with Crippen LogP contribution in [-0.4, -0.2) is 29.8 Å². The molecule has 0 aliphatic carbocycles. The van der Waals surface area contributed by atoms with E-state index in [-0.39, 0.29) is 5.41 Å². The van der Waals surface area contributed by atoms with Gasteiger partial charge in [-0.1, -0.05) is 19.1 Å². The Bertz CT molecular complexity index is 600. The number of hydrogen-bond donors (Lipinski definition) is 1. The van der Waals surface area contributed by atoms with Crippen LogP contribution in [0.3, 0.4) is 0 Å². The first-order valence-corrected chi connectivity index (χ1v) is 7.55. The smallest absolute Gasteiger partial charge is 0.119 e. The molecular formula is C17H23N3O. The molecule has 21 heavy (non-hydrogen) atoms. The fraction of sp³-hybridized carbons (Fsp3) is 0.471. The number of aryl methyl sites for hydroxylation is 2. The van der Waals surface area contributed by atoms with Crippen LogP contribution in [0.5, 0.6) is 5.75 Å². The molecule has 1 N–H and O–H groups in total. The van der Waals surface area contributed by atoms with Gasteiger partial charge in [0.1, 0.15) is 5.75 Å². The molecule has 2 aromatic rings. The summed E-state index contributed by atoms with van der Waals surface area (Å²) in [5, 5.41) is 3.46. The van der Waals surface area contributed by atoms with Gasteiger partial charge in [-0.3, -0.25) is 0 Å². The van der Waals surface area contributed by atoms with Crippen LogP contribution in [0.4, 0.5) is 0 Å². The van der Waals surface area contributed by atoms with Gasteiger partial charge in [-0.15, -0.1) is 0 Å². The van der Waals surface area contributed by atoms with Gasteiger partial charge >= 0.3 is 0 Å². The SMILES string of the molecule is COc1cccc(CCn2cncc2C2(C)CCNC2)c1. The summed E-state index contributed by atoms with van der Waals surface area (Å²) in [5.74, 6) is 0.922. The van der Waals surface area contributed by atoms with Crippen molar-refractivity contribution in [3.8, 4) is 5.75 Å². The Morgan fingerprint density at radius 1 is 1.43 bits per heavy atom. The molecule has 1 aromatic heterocycles. The van der Waals surface area contributed by atoms with Crippen LogP contribution in [0.15, 0.2) is 36.8 Å². The van der Waals surface area contributed by atoms with Crippen LogP contribution >= 0.6 is 0 Å². The topological polar surface area (TPSA) is 39.1 Å². The summed E-state index contributed by atoms with van der Waals surface area (Å²) in [4.78, 5) is 4.37. The van der Waals surface area contributed by atoms with Crippen molar-refractivity contribution < 1.29 is 4.74 Å². The van der Waals surface area contributed by atoms with E-state index in [1.807, 2.05) is 24.7 Å². The molecule has 112 valence electrons. The van der Waals surface area contributed by atoms with Crippen molar-refractivity contribution in [2.24, 2.45) is 0 Å². The van der Waals surface area contributed by atoms with Gasteiger partial charge in [-0.2, -0.15) is 0 Å². The number of ether oxygens (including phenoxy) is 1. The molecule has 0 saturated carbocycles. The van der Waals surface area contributed by atoms with E-state index in [1.54, 1.807) is 7.11 Å². The van der Waals surface area contributed by atoms with E-state index in [2.05, 4.69) is 33.9 Å². The third-order valence-corrected chi connectivity index (χ3v) is 4.47. The minimum Gasteiger partial charge on any atom is -0.497 e. The Morgan fingerprint density at radius 3 is 3.10 bits per heavy atom. The van der Waals surface area contributed by atoms with E-state index in [1.165, 1.54) is 17.7 Å². The second kappa shape index (κ2) is 5.90. The maximum Gasteiger partial charge on any atom is 0.119 e. The lowest BCUT2D eigenvalue weighted by Crippen LogP contribution is -2.28. The quantitative estimate of drug-likeness (QED) is 0.917. The van der Waals surface area contributed by atoms with Crippen LogP contribution in [-0.2, 0) is 18.4 Å². The van der Waals surface area contributed by atoms with Crippen LogP contribution in [0.25, 0.3) is 0 Å². The summed E-state index contributed by atoms with van der Waals surface area (Å²) < 4.78 is 7.58. The lowest BCUT2D eigenvalue weighted by atomic mass is 9.86. The molecule has 1 aliphatic heterocycles. The minimum absolute atomic E-state index is 0.213. The van der Waals surface area contributed by atoms with Crippen LogP contribution in [0.1, 0.15) is 24.6 Å². The highest BCUT2D eigenvalue weighted by atomic mass is 16.5. The van der Waals surface area contributed by atoms with Gasteiger partial charge in [0.05, 0.1) is 13.4 Å². The van der Waals surface area contributed by atoms with Crippen molar-refractivity contribution in [2.45, 2.75) is 31.7 Å². The Morgan fingerprint density at radius 2 is 2.33 bits per heavy atom. The number of nitrogens with zero attached hydrogens (tertiary/aromatic N) is 2. The molecule has 1 unspecified atom stereocenters. The predicted octanol–water partition coefficient (Wildman–Crippen LogP) is 2.39. The van der Waals surface area contributed by atoms with Crippen molar-refractivity contribution in [1.82, 2.24) is 14.9 Å². The summed E-state index contributed by atoms with van der Waals surface area (Å²) >= 11 is 0. The zero-order valence-corrected chi connectivity index (χ0v) is 12.8. The van der Waals surface area contributed by atoms with Gasteiger partial charge < -0.3 is 14.6 Å². The van der Waals surface area contributed by atoms with Crippen molar-refractivity contribution in [3.05, 3.63) is 48.0 Å². The number of imidazole rings is 1. The zero-order valence-electron chi connectivity index (χ0n) is 12.8. The van der Waals surface area contributed by atoms with Gasteiger partial charge in [0.15, 0.2) is 0 Å². The lowest BCUT2D eigenvalue weighted by molar-refractivity contribution is 0.414. The van der Waals surface area contributed by atoms with Gasteiger partial charge in [0.2, 0.25) is 0 Å². The first kappa shape index (κ1) is 14.1. The highest BCUT2D eigenvalue weighted by Gasteiger charge is 2.33. The summed E-state index contributed by atoms with van der Waals surface area (Å²) in [7, 11) is 1.71. The summed E-state index contributed by atoms with van der Waals surface area (Å²) in [5.41, 5.74) is 2.85. The van der Waals surface area contributed by atoms with Gasteiger partial charge in [-0.05, 0) is 37.1 Å². The van der Waals surface area contributed by atoms with Gasteiger partial charge in [0.25, 0.3) is 0 Å². The van der Waals surface area contributed by atoms with E-state index in [4.69, 9.17) is 4.74 Å². The number of hydrogen-bond acceptors (Lipinski definition) is 3. The number of methoxy groups -OCH3 is 1. The third kappa shape index (κ3) is 2.95. The summed E-state index contributed by atoms with van der Waals surface area (Å²) in [6, 6.07) is 8.29. The number of aromatic nitrogens is 2. The van der Waals surface area contributed by atoms with Gasteiger partial charge in [-0.25, -0.2) is 4.98 Å². The predicted molar refractivity (Wildman–Crippen MR) is 83.8 cm³/mol. The highest BCUT2D eigenvalue weighted by Crippen LogP contribution is 2.29. The van der Waals surface area contributed by atoms with E-state index >= 15 is 0 Å². The molecule has 2 heterocycles. The first-order valence-electron chi connectivity index (χ1n) is 7.55. The Kier molecular flexibility index (Phi) is 3.97. The third-order valence-electron chi connectivity index (χ3n) is 4.47. The number of nitrogens with one attached hydrogen (secondary N) is 1. The average Bonchev–Trinajstić information content (AvgIpc) is 3.15. The number of benzene rings is 1. The fourth-order valence-electron chi connectivity index (χ4n) is 3.11. The van der Waals surface area contributed by atoms with Gasteiger partial charge in [0, 0.05) is 30.4 Å². The molecule has 1 saturated heterocycles. The van der Waals surface area contributed by atoms with E-state index < -0.39 is 0 Å². The molecule has 1 aliphatic rings. The molecule has 1 atom stereocenters.